The number of hydrogen-bond donors (Lipinski definition) is 1. The summed E-state index contributed by atoms with van der Waals surface area (Å²) in [4.78, 5) is 22.0. The number of thiophene rings is 1. The van der Waals surface area contributed by atoms with Crippen LogP contribution in [0.5, 0.6) is 0 Å². The number of aromatic nitrogens is 3. The predicted molar refractivity (Wildman–Crippen MR) is 118 cm³/mol. The Hall–Kier alpha value is -3.04. The van der Waals surface area contributed by atoms with Gasteiger partial charge in [0.15, 0.2) is 11.3 Å². The van der Waals surface area contributed by atoms with E-state index in [0.29, 0.717) is 22.6 Å². The molecule has 1 N–H and O–H groups in total. The smallest absolute Gasteiger partial charge is 0.232 e. The van der Waals surface area contributed by atoms with E-state index in [4.69, 9.17) is 0 Å². The number of fused-ring (bicyclic) bond motifs is 1. The van der Waals surface area contributed by atoms with Gasteiger partial charge in [0.25, 0.3) is 0 Å². The Kier molecular flexibility index (Phi) is 5.65. The molecule has 0 unspecified atom stereocenters. The van der Waals surface area contributed by atoms with Crippen molar-refractivity contribution in [2.24, 2.45) is 0 Å². The molecule has 0 saturated carbocycles. The van der Waals surface area contributed by atoms with Gasteiger partial charge in [-0.3, -0.25) is 13.9 Å². The van der Waals surface area contributed by atoms with Crippen LogP contribution in [-0.4, -0.2) is 34.3 Å². The van der Waals surface area contributed by atoms with Crippen molar-refractivity contribution >= 4 is 38.5 Å². The van der Waals surface area contributed by atoms with E-state index in [0.717, 1.165) is 17.7 Å². The summed E-state index contributed by atoms with van der Waals surface area (Å²) in [5, 5.41) is 1.84. The molecule has 0 radical (unpaired) electrons. The molecule has 4 aromatic rings. The highest BCUT2D eigenvalue weighted by atomic mass is 32.2. The SMILES string of the molecule is CCCCS(=O)(=O)Nc1cccc(-c2ccnc3c(C(=O)c4cccs4)ncn23)c1. The van der Waals surface area contributed by atoms with Gasteiger partial charge in [-0.25, -0.2) is 18.4 Å². The van der Waals surface area contributed by atoms with E-state index in [1.165, 1.54) is 11.3 Å². The van der Waals surface area contributed by atoms with Crippen molar-refractivity contribution in [1.29, 1.82) is 0 Å². The van der Waals surface area contributed by atoms with Crippen LogP contribution in [0.2, 0.25) is 0 Å². The number of rotatable bonds is 8. The molecule has 0 aliphatic rings. The molecule has 0 fully saturated rings. The van der Waals surface area contributed by atoms with Crippen LogP contribution in [0.15, 0.2) is 60.4 Å². The number of anilines is 1. The van der Waals surface area contributed by atoms with E-state index in [-0.39, 0.29) is 17.2 Å². The number of ketones is 1. The van der Waals surface area contributed by atoms with E-state index in [9.17, 15) is 13.2 Å². The molecular weight excluding hydrogens is 420 g/mol. The molecule has 1 aromatic carbocycles. The van der Waals surface area contributed by atoms with Crippen LogP contribution >= 0.6 is 11.3 Å². The maximum atomic E-state index is 12.7. The third-order valence-corrected chi connectivity index (χ3v) is 6.83. The molecule has 0 atom stereocenters. The lowest BCUT2D eigenvalue weighted by Gasteiger charge is -2.10. The Morgan fingerprint density at radius 2 is 2.03 bits per heavy atom. The fourth-order valence-electron chi connectivity index (χ4n) is 3.13. The highest BCUT2D eigenvalue weighted by molar-refractivity contribution is 7.92. The van der Waals surface area contributed by atoms with Crippen LogP contribution in [0.1, 0.15) is 35.1 Å². The van der Waals surface area contributed by atoms with Gasteiger partial charge in [-0.1, -0.05) is 31.5 Å². The topological polar surface area (TPSA) is 93.4 Å². The first-order chi connectivity index (χ1) is 14.5. The monoisotopic (exact) mass is 440 g/mol. The van der Waals surface area contributed by atoms with Crippen LogP contribution in [-0.2, 0) is 10.0 Å². The highest BCUT2D eigenvalue weighted by Gasteiger charge is 2.19. The first-order valence-electron chi connectivity index (χ1n) is 9.49. The molecule has 3 heterocycles. The first kappa shape index (κ1) is 20.2. The number of imidazole rings is 1. The standard InChI is InChI=1S/C21H20N4O3S2/c1-2-3-12-30(27,28)24-16-7-4-6-15(13-16)17-9-10-22-21-19(23-14-25(17)21)20(26)18-8-5-11-29-18/h4-11,13-14,24H,2-3,12H2,1H3. The van der Waals surface area contributed by atoms with E-state index in [2.05, 4.69) is 14.7 Å². The van der Waals surface area contributed by atoms with Gasteiger partial charge in [-0.05, 0) is 36.1 Å². The molecule has 0 aliphatic carbocycles. The minimum Gasteiger partial charge on any atom is -0.286 e. The summed E-state index contributed by atoms with van der Waals surface area (Å²) >= 11 is 1.36. The largest absolute Gasteiger partial charge is 0.286 e. The Morgan fingerprint density at radius 1 is 1.17 bits per heavy atom. The van der Waals surface area contributed by atoms with Gasteiger partial charge in [0, 0.05) is 17.4 Å². The third kappa shape index (κ3) is 4.12. The zero-order valence-electron chi connectivity index (χ0n) is 16.3. The van der Waals surface area contributed by atoms with Gasteiger partial charge in [-0.15, -0.1) is 11.3 Å². The molecule has 0 amide bonds. The summed E-state index contributed by atoms with van der Waals surface area (Å²) in [6.45, 7) is 1.95. The van der Waals surface area contributed by atoms with Crippen LogP contribution in [0.25, 0.3) is 16.9 Å². The number of unbranched alkanes of at least 4 members (excludes halogenated alkanes) is 1. The Bertz CT molecular complexity index is 1300. The summed E-state index contributed by atoms with van der Waals surface area (Å²) in [6.07, 6.45) is 4.60. The minimum atomic E-state index is -3.40. The maximum Gasteiger partial charge on any atom is 0.232 e. The van der Waals surface area contributed by atoms with Crippen molar-refractivity contribution < 1.29 is 13.2 Å². The lowest BCUT2D eigenvalue weighted by molar-refractivity contribution is 0.103. The molecule has 0 saturated heterocycles. The summed E-state index contributed by atoms with van der Waals surface area (Å²) in [7, 11) is -3.40. The molecule has 9 heteroatoms. The van der Waals surface area contributed by atoms with E-state index < -0.39 is 10.0 Å². The quantitative estimate of drug-likeness (QED) is 0.414. The number of carbonyl (C=O) groups is 1. The third-order valence-electron chi connectivity index (χ3n) is 4.59. The van der Waals surface area contributed by atoms with Gasteiger partial charge in [0.2, 0.25) is 15.8 Å². The molecular formula is C21H20N4O3S2. The maximum absolute atomic E-state index is 12.7. The van der Waals surface area contributed by atoms with Gasteiger partial charge >= 0.3 is 0 Å². The first-order valence-corrected chi connectivity index (χ1v) is 12.0. The fraction of sp³-hybridized carbons (Fsp3) is 0.190. The van der Waals surface area contributed by atoms with Gasteiger partial charge in [0.1, 0.15) is 6.33 Å². The zero-order valence-corrected chi connectivity index (χ0v) is 17.9. The summed E-state index contributed by atoms with van der Waals surface area (Å²) in [5.41, 5.74) is 2.78. The second-order valence-corrected chi connectivity index (χ2v) is 9.57. The number of sulfonamides is 1. The van der Waals surface area contributed by atoms with Crippen molar-refractivity contribution in [3.05, 3.63) is 70.9 Å². The zero-order chi connectivity index (χ0) is 21.1. The minimum absolute atomic E-state index is 0.0863. The number of hydrogen-bond acceptors (Lipinski definition) is 6. The van der Waals surface area contributed by atoms with Crippen molar-refractivity contribution in [1.82, 2.24) is 14.4 Å². The molecule has 4 rings (SSSR count). The van der Waals surface area contributed by atoms with Crippen molar-refractivity contribution in [3.63, 3.8) is 0 Å². The molecule has 3 aromatic heterocycles. The van der Waals surface area contributed by atoms with Crippen molar-refractivity contribution in [2.45, 2.75) is 19.8 Å². The number of nitrogens with zero attached hydrogens (tertiary/aromatic N) is 3. The summed E-state index contributed by atoms with van der Waals surface area (Å²) < 4.78 is 28.8. The predicted octanol–water partition coefficient (Wildman–Crippen LogP) is 4.23. The molecule has 0 spiro atoms. The van der Waals surface area contributed by atoms with Gasteiger partial charge in [0.05, 0.1) is 16.3 Å². The van der Waals surface area contributed by atoms with E-state index in [1.807, 2.05) is 24.4 Å². The van der Waals surface area contributed by atoms with Gasteiger partial charge in [-0.2, -0.15) is 0 Å². The van der Waals surface area contributed by atoms with Crippen molar-refractivity contribution in [2.75, 3.05) is 10.5 Å². The normalized spacial score (nSPS) is 11.6. The van der Waals surface area contributed by atoms with Crippen LogP contribution in [0, 0.1) is 0 Å². The highest BCUT2D eigenvalue weighted by Crippen LogP contribution is 2.26. The average molecular weight is 441 g/mol. The second-order valence-electron chi connectivity index (χ2n) is 6.78. The number of benzene rings is 1. The van der Waals surface area contributed by atoms with E-state index in [1.54, 1.807) is 47.3 Å². The van der Waals surface area contributed by atoms with Gasteiger partial charge < -0.3 is 0 Å². The molecule has 154 valence electrons. The Balaban J connectivity index is 1.70. The van der Waals surface area contributed by atoms with E-state index >= 15 is 0 Å². The molecule has 0 aliphatic heterocycles. The summed E-state index contributed by atoms with van der Waals surface area (Å²) in [5.74, 6) is -0.0854. The molecule has 7 nitrogen and oxygen atoms in total. The Morgan fingerprint density at radius 3 is 2.80 bits per heavy atom. The number of nitrogens with one attached hydrogen (secondary N) is 1. The van der Waals surface area contributed by atoms with Crippen molar-refractivity contribution in [3.8, 4) is 11.3 Å². The molecule has 30 heavy (non-hydrogen) atoms. The fourth-order valence-corrected chi connectivity index (χ4v) is 5.05. The lowest BCUT2D eigenvalue weighted by atomic mass is 10.1. The molecule has 0 bridgehead atoms. The Labute approximate surface area is 178 Å². The summed E-state index contributed by atoms with van der Waals surface area (Å²) in [6, 6.07) is 12.5. The number of carbonyl (C=O) groups excluding carboxylic acids is 1. The van der Waals surface area contributed by atoms with Crippen LogP contribution < -0.4 is 4.72 Å². The van der Waals surface area contributed by atoms with Crippen LogP contribution in [0.3, 0.4) is 0 Å². The second kappa shape index (κ2) is 8.37. The lowest BCUT2D eigenvalue weighted by Crippen LogP contribution is -2.16. The average Bonchev–Trinajstić information content (AvgIpc) is 3.41. The van der Waals surface area contributed by atoms with Crippen LogP contribution in [0.4, 0.5) is 5.69 Å².